The predicted molar refractivity (Wildman–Crippen MR) is 136 cm³/mol. The number of carbonyl (C=O) groups is 2. The van der Waals surface area contributed by atoms with Crippen molar-refractivity contribution in [2.24, 2.45) is 5.92 Å². The number of sulfonamides is 1. The number of aryl methyl sites for hydroxylation is 1. The molecule has 3 aromatic carbocycles. The summed E-state index contributed by atoms with van der Waals surface area (Å²) in [4.78, 5) is 25.0. The Hall–Kier alpha value is -3.69. The first-order valence-corrected chi connectivity index (χ1v) is 12.9. The normalized spacial score (nSPS) is 13.2. The Morgan fingerprint density at radius 2 is 1.57 bits per heavy atom. The second-order valence-corrected chi connectivity index (χ2v) is 10.4. The van der Waals surface area contributed by atoms with E-state index < -0.39 is 10.0 Å². The Morgan fingerprint density at radius 3 is 2.29 bits per heavy atom. The van der Waals surface area contributed by atoms with Crippen LogP contribution < -0.4 is 20.7 Å². The molecule has 1 aliphatic rings. The van der Waals surface area contributed by atoms with Crippen LogP contribution in [0.15, 0.2) is 77.7 Å². The molecule has 0 aromatic heterocycles. The molecular formula is C26H28N4O4S. The fourth-order valence-corrected chi connectivity index (χ4v) is 4.66. The van der Waals surface area contributed by atoms with E-state index in [-0.39, 0.29) is 28.9 Å². The van der Waals surface area contributed by atoms with Crippen LogP contribution in [0.25, 0.3) is 0 Å². The maximum Gasteiger partial charge on any atom is 0.323 e. The highest BCUT2D eigenvalue weighted by molar-refractivity contribution is 7.89. The van der Waals surface area contributed by atoms with Gasteiger partial charge in [0.25, 0.3) is 5.91 Å². The highest BCUT2D eigenvalue weighted by atomic mass is 32.2. The van der Waals surface area contributed by atoms with Crippen molar-refractivity contribution in [3.63, 3.8) is 0 Å². The van der Waals surface area contributed by atoms with Crippen molar-refractivity contribution in [1.82, 2.24) is 10.0 Å². The molecule has 0 saturated heterocycles. The van der Waals surface area contributed by atoms with Gasteiger partial charge in [0.1, 0.15) is 0 Å². The average molecular weight is 493 g/mol. The van der Waals surface area contributed by atoms with Gasteiger partial charge in [-0.3, -0.25) is 4.79 Å². The van der Waals surface area contributed by atoms with Crippen LogP contribution in [0.5, 0.6) is 0 Å². The highest BCUT2D eigenvalue weighted by Crippen LogP contribution is 2.28. The minimum Gasteiger partial charge on any atom is -0.348 e. The van der Waals surface area contributed by atoms with Gasteiger partial charge < -0.3 is 16.0 Å². The summed E-state index contributed by atoms with van der Waals surface area (Å²) in [5.74, 6) is 0.0231. The zero-order valence-corrected chi connectivity index (χ0v) is 20.2. The van der Waals surface area contributed by atoms with Gasteiger partial charge in [0, 0.05) is 30.0 Å². The third kappa shape index (κ3) is 7.14. The van der Waals surface area contributed by atoms with Gasteiger partial charge in [0.05, 0.1) is 4.90 Å². The Labute approximate surface area is 205 Å². The predicted octanol–water partition coefficient (Wildman–Crippen LogP) is 4.26. The summed E-state index contributed by atoms with van der Waals surface area (Å²) in [6, 6.07) is 20.2. The summed E-state index contributed by atoms with van der Waals surface area (Å²) in [5, 5.41) is 8.36. The molecule has 0 radical (unpaired) electrons. The second-order valence-electron chi connectivity index (χ2n) is 8.65. The number of benzene rings is 3. The lowest BCUT2D eigenvalue weighted by Gasteiger charge is -2.11. The van der Waals surface area contributed by atoms with Crippen LogP contribution in [0.4, 0.5) is 16.2 Å². The Kier molecular flexibility index (Phi) is 7.48. The average Bonchev–Trinajstić information content (AvgIpc) is 3.66. The summed E-state index contributed by atoms with van der Waals surface area (Å²) in [6.07, 6.45) is 2.08. The van der Waals surface area contributed by atoms with Crippen molar-refractivity contribution in [1.29, 1.82) is 0 Å². The first-order valence-electron chi connectivity index (χ1n) is 11.4. The Bertz CT molecular complexity index is 1340. The lowest BCUT2D eigenvalue weighted by molar-refractivity contribution is 0.0950. The van der Waals surface area contributed by atoms with Gasteiger partial charge in [-0.1, -0.05) is 30.3 Å². The van der Waals surface area contributed by atoms with Gasteiger partial charge in [-0.25, -0.2) is 17.9 Å². The molecule has 35 heavy (non-hydrogen) atoms. The smallest absolute Gasteiger partial charge is 0.323 e. The number of anilines is 2. The van der Waals surface area contributed by atoms with E-state index >= 15 is 0 Å². The maximum absolute atomic E-state index is 12.7. The van der Waals surface area contributed by atoms with Gasteiger partial charge in [-0.05, 0) is 79.3 Å². The fraction of sp³-hybridized carbons (Fsp3) is 0.231. The Morgan fingerprint density at radius 1 is 0.886 bits per heavy atom. The third-order valence-electron chi connectivity index (χ3n) is 5.58. The summed E-state index contributed by atoms with van der Waals surface area (Å²) >= 11 is 0. The van der Waals surface area contributed by atoms with Gasteiger partial charge in [0.2, 0.25) is 10.0 Å². The molecule has 3 amide bonds. The molecule has 0 atom stereocenters. The molecule has 0 spiro atoms. The fourth-order valence-electron chi connectivity index (χ4n) is 3.50. The summed E-state index contributed by atoms with van der Waals surface area (Å²) in [7, 11) is -3.66. The van der Waals surface area contributed by atoms with Gasteiger partial charge in [0.15, 0.2) is 0 Å². The van der Waals surface area contributed by atoms with E-state index in [1.807, 2.05) is 37.3 Å². The number of carbonyl (C=O) groups excluding carboxylic acids is 2. The van der Waals surface area contributed by atoms with E-state index in [0.29, 0.717) is 23.8 Å². The molecule has 0 unspecified atom stereocenters. The summed E-state index contributed by atoms with van der Waals surface area (Å²) in [5.41, 5.74) is 3.35. The molecule has 1 fully saturated rings. The van der Waals surface area contributed by atoms with Crippen LogP contribution in [0.3, 0.4) is 0 Å². The zero-order valence-electron chi connectivity index (χ0n) is 19.4. The number of hydrogen-bond donors (Lipinski definition) is 4. The minimum absolute atomic E-state index is 0.0663. The molecule has 0 aliphatic heterocycles. The molecule has 182 valence electrons. The van der Waals surface area contributed by atoms with Crippen LogP contribution in [-0.4, -0.2) is 26.9 Å². The molecule has 4 N–H and O–H groups in total. The molecule has 0 bridgehead atoms. The first-order chi connectivity index (χ1) is 16.8. The SMILES string of the molecule is Cc1cccc(NC(=O)Nc2cccc(CNC(=O)c3cccc(S(=O)(=O)NCC4CC4)c3)c2)c1. The second kappa shape index (κ2) is 10.7. The third-order valence-corrected chi connectivity index (χ3v) is 7.00. The number of urea groups is 1. The summed E-state index contributed by atoms with van der Waals surface area (Å²) in [6.45, 7) is 2.58. The van der Waals surface area contributed by atoms with Crippen LogP contribution in [0.1, 0.15) is 34.3 Å². The summed E-state index contributed by atoms with van der Waals surface area (Å²) < 4.78 is 27.6. The largest absolute Gasteiger partial charge is 0.348 e. The van der Waals surface area contributed by atoms with Crippen molar-refractivity contribution in [3.8, 4) is 0 Å². The number of rotatable bonds is 9. The number of amides is 3. The monoisotopic (exact) mass is 492 g/mol. The van der Waals surface area contributed by atoms with Gasteiger partial charge in [-0.15, -0.1) is 0 Å². The molecule has 0 heterocycles. The van der Waals surface area contributed by atoms with E-state index in [2.05, 4.69) is 20.7 Å². The van der Waals surface area contributed by atoms with E-state index in [4.69, 9.17) is 0 Å². The van der Waals surface area contributed by atoms with Crippen molar-refractivity contribution in [2.75, 3.05) is 17.2 Å². The van der Waals surface area contributed by atoms with E-state index in [1.165, 1.54) is 12.1 Å². The lowest BCUT2D eigenvalue weighted by Crippen LogP contribution is -2.27. The van der Waals surface area contributed by atoms with Crippen molar-refractivity contribution >= 4 is 33.3 Å². The number of nitrogens with one attached hydrogen (secondary N) is 4. The Balaban J connectivity index is 1.33. The highest BCUT2D eigenvalue weighted by Gasteiger charge is 2.24. The molecule has 3 aromatic rings. The van der Waals surface area contributed by atoms with Crippen molar-refractivity contribution in [3.05, 3.63) is 89.5 Å². The topological polar surface area (TPSA) is 116 Å². The van der Waals surface area contributed by atoms with Gasteiger partial charge >= 0.3 is 6.03 Å². The van der Waals surface area contributed by atoms with Gasteiger partial charge in [-0.2, -0.15) is 0 Å². The molecule has 1 saturated carbocycles. The van der Waals surface area contributed by atoms with E-state index in [9.17, 15) is 18.0 Å². The molecule has 4 rings (SSSR count). The standard InChI is InChI=1S/C26H28N4O4S/c1-18-5-2-8-22(13-18)29-26(32)30-23-9-3-6-20(14-23)16-27-25(31)21-7-4-10-24(15-21)35(33,34)28-17-19-11-12-19/h2-10,13-15,19,28H,11-12,16-17H2,1H3,(H,27,31)(H2,29,30,32). The van der Waals surface area contributed by atoms with E-state index in [0.717, 1.165) is 24.0 Å². The van der Waals surface area contributed by atoms with Crippen LogP contribution in [-0.2, 0) is 16.6 Å². The van der Waals surface area contributed by atoms with Crippen molar-refractivity contribution in [2.45, 2.75) is 31.2 Å². The van der Waals surface area contributed by atoms with Crippen molar-refractivity contribution < 1.29 is 18.0 Å². The van der Waals surface area contributed by atoms with E-state index in [1.54, 1.807) is 30.3 Å². The molecule has 8 nitrogen and oxygen atoms in total. The maximum atomic E-state index is 12.7. The van der Waals surface area contributed by atoms with Crippen LogP contribution in [0.2, 0.25) is 0 Å². The molecule has 1 aliphatic carbocycles. The zero-order chi connectivity index (χ0) is 24.8. The van der Waals surface area contributed by atoms with Crippen LogP contribution >= 0.6 is 0 Å². The number of hydrogen-bond acceptors (Lipinski definition) is 4. The van der Waals surface area contributed by atoms with Crippen LogP contribution in [0, 0.1) is 12.8 Å². The minimum atomic E-state index is -3.66. The molecule has 9 heteroatoms. The quantitative estimate of drug-likeness (QED) is 0.357. The first kappa shape index (κ1) is 24.4. The molecular weight excluding hydrogens is 464 g/mol. The lowest BCUT2D eigenvalue weighted by atomic mass is 10.1.